The van der Waals surface area contributed by atoms with Crippen LogP contribution in [0.2, 0.25) is 5.02 Å². The third-order valence-electron chi connectivity index (χ3n) is 8.36. The quantitative estimate of drug-likeness (QED) is 0.0107. The Kier molecular flexibility index (Phi) is 17.4. The van der Waals surface area contributed by atoms with Crippen LogP contribution in [0, 0.1) is 0 Å². The molecule has 2 amide bonds. The van der Waals surface area contributed by atoms with Crippen LogP contribution in [0.5, 0.6) is 17.2 Å². The van der Waals surface area contributed by atoms with E-state index in [9.17, 15) is 9.59 Å². The van der Waals surface area contributed by atoms with E-state index in [1.54, 1.807) is 79.0 Å². The van der Waals surface area contributed by atoms with E-state index in [1.807, 2.05) is 24.3 Å². The Labute approximate surface area is 357 Å². The number of hydrogen-bond donors (Lipinski definition) is 8. The molecule has 0 atom stereocenters. The SMILES string of the molecule is NCCNc1nc(SC/C(N)=C/N(N)CCOCCOc2ccc(Oc3ccccc3NC(=O)c3ccc(CNC=O)cc3)cc2)nc(N(N)Cc2ccc(Cl)cc2)c1N. The van der Waals surface area contributed by atoms with Crippen molar-refractivity contribution < 1.29 is 23.8 Å². The minimum Gasteiger partial charge on any atom is -0.491 e. The second-order valence-corrected chi connectivity index (χ2v) is 14.4. The lowest BCUT2D eigenvalue weighted by Gasteiger charge is -2.22. The summed E-state index contributed by atoms with van der Waals surface area (Å²) in [6.45, 7) is 2.93. The molecule has 60 heavy (non-hydrogen) atoms. The minimum atomic E-state index is -0.292. The van der Waals surface area contributed by atoms with Crippen molar-refractivity contribution in [1.29, 1.82) is 0 Å². The largest absolute Gasteiger partial charge is 0.491 e. The van der Waals surface area contributed by atoms with E-state index >= 15 is 0 Å². The molecule has 0 bridgehead atoms. The number of amides is 2. The highest BCUT2D eigenvalue weighted by Gasteiger charge is 2.17. The van der Waals surface area contributed by atoms with Gasteiger partial charge in [0.25, 0.3) is 5.91 Å². The van der Waals surface area contributed by atoms with E-state index in [2.05, 4.69) is 25.9 Å². The number of thioether (sulfide) groups is 1. The van der Waals surface area contributed by atoms with Gasteiger partial charge in [0.05, 0.1) is 32.0 Å². The Morgan fingerprint density at radius 3 is 2.33 bits per heavy atom. The summed E-state index contributed by atoms with van der Waals surface area (Å²) in [5.41, 5.74) is 21.9. The molecule has 0 aliphatic rings. The summed E-state index contributed by atoms with van der Waals surface area (Å²) in [5, 5.41) is 12.6. The Hall–Kier alpha value is -6.28. The fourth-order valence-corrected chi connectivity index (χ4v) is 6.18. The van der Waals surface area contributed by atoms with E-state index in [0.717, 1.165) is 11.1 Å². The lowest BCUT2D eigenvalue weighted by atomic mass is 10.1. The Morgan fingerprint density at radius 2 is 1.60 bits per heavy atom. The van der Waals surface area contributed by atoms with E-state index in [-0.39, 0.29) is 5.91 Å². The number of carbonyl (C=O) groups excluding carboxylic acids is 2. The highest BCUT2D eigenvalue weighted by Crippen LogP contribution is 2.32. The highest BCUT2D eigenvalue weighted by molar-refractivity contribution is 7.99. The molecule has 4 aromatic carbocycles. The second kappa shape index (κ2) is 23.3. The number of carbonyl (C=O) groups is 2. The number of anilines is 4. The fourth-order valence-electron chi connectivity index (χ4n) is 5.38. The maximum atomic E-state index is 12.9. The predicted octanol–water partition coefficient (Wildman–Crippen LogP) is 4.42. The summed E-state index contributed by atoms with van der Waals surface area (Å²) in [5.74, 6) is 15.0. The van der Waals surface area contributed by atoms with Crippen molar-refractivity contribution in [3.05, 3.63) is 131 Å². The molecule has 0 unspecified atom stereocenters. The van der Waals surface area contributed by atoms with Crippen LogP contribution in [0.15, 0.2) is 114 Å². The number of aromatic nitrogens is 2. The minimum absolute atomic E-state index is 0.292. The van der Waals surface area contributed by atoms with Crippen LogP contribution in [0.4, 0.5) is 23.0 Å². The number of nitrogens with zero attached hydrogens (tertiary/aromatic N) is 4. The molecule has 0 fully saturated rings. The third kappa shape index (κ3) is 14.2. The zero-order chi connectivity index (χ0) is 42.7. The predicted molar refractivity (Wildman–Crippen MR) is 236 cm³/mol. The number of hydrogen-bond acceptors (Lipinski definition) is 16. The fraction of sp³-hybridized carbons (Fsp3) is 0.220. The lowest BCUT2D eigenvalue weighted by Crippen LogP contribution is -2.32. The number of nitrogens with one attached hydrogen (secondary N) is 3. The first-order valence-corrected chi connectivity index (χ1v) is 20.1. The number of hydrazine groups is 2. The molecular weight excluding hydrogens is 808 g/mol. The molecule has 1 heterocycles. The molecule has 13 N–H and O–H groups in total. The number of ether oxygens (including phenoxy) is 3. The summed E-state index contributed by atoms with van der Waals surface area (Å²) in [6, 6.07) is 28.5. The lowest BCUT2D eigenvalue weighted by molar-refractivity contribution is -0.109. The highest BCUT2D eigenvalue weighted by atomic mass is 35.5. The first-order chi connectivity index (χ1) is 29.1. The number of rotatable bonds is 24. The molecule has 316 valence electrons. The van der Waals surface area contributed by atoms with Crippen molar-refractivity contribution >= 4 is 58.7 Å². The van der Waals surface area contributed by atoms with Crippen LogP contribution in [0.3, 0.4) is 0 Å². The number of halogens is 1. The molecule has 5 rings (SSSR count). The van der Waals surface area contributed by atoms with E-state index in [4.69, 9.17) is 54.7 Å². The van der Waals surface area contributed by atoms with Gasteiger partial charge >= 0.3 is 0 Å². The molecule has 5 aromatic rings. The summed E-state index contributed by atoms with van der Waals surface area (Å²) in [4.78, 5) is 32.6. The molecule has 0 aliphatic heterocycles. The van der Waals surface area contributed by atoms with Gasteiger partial charge in [0.1, 0.15) is 23.8 Å². The van der Waals surface area contributed by atoms with Gasteiger partial charge in [-0.25, -0.2) is 21.7 Å². The first kappa shape index (κ1) is 44.8. The van der Waals surface area contributed by atoms with E-state index in [0.29, 0.717) is 126 Å². The molecule has 0 radical (unpaired) electrons. The molecular formula is C41H49ClN12O5S. The summed E-state index contributed by atoms with van der Waals surface area (Å²) in [6.07, 6.45) is 2.25. The van der Waals surface area contributed by atoms with Crippen LogP contribution in [0.25, 0.3) is 0 Å². The van der Waals surface area contributed by atoms with Gasteiger partial charge < -0.3 is 52.4 Å². The van der Waals surface area contributed by atoms with Crippen molar-refractivity contribution in [2.45, 2.75) is 18.2 Å². The standard InChI is InChI=1S/C41H49ClN12O5S/c42-31-11-7-29(8-12-31)24-54(47)39-37(45)38(49-18-17-43)51-41(52-39)60-26-32(44)25-53(46)19-20-57-21-22-58-33-13-15-34(16-14-33)59-36-4-2-1-3-35(36)50-40(56)30-9-5-28(6-10-30)23-48-27-55/h1-16,25,27H,17-24,26,43-47H2,(H,48,55)(H,50,56)(H,49,51,52)/b32-25-. The van der Waals surface area contributed by atoms with Gasteiger partial charge in [-0.3, -0.25) is 14.6 Å². The van der Waals surface area contributed by atoms with Gasteiger partial charge in [-0.1, -0.05) is 59.8 Å². The van der Waals surface area contributed by atoms with Crippen molar-refractivity contribution in [3.63, 3.8) is 0 Å². The summed E-state index contributed by atoms with van der Waals surface area (Å²) < 4.78 is 17.6. The average molecular weight is 857 g/mol. The smallest absolute Gasteiger partial charge is 0.255 e. The molecule has 17 nitrogen and oxygen atoms in total. The zero-order valence-electron chi connectivity index (χ0n) is 32.8. The number of benzene rings is 4. The second-order valence-electron chi connectivity index (χ2n) is 13.0. The number of para-hydroxylation sites is 2. The van der Waals surface area contributed by atoms with Gasteiger partial charge in [-0.15, -0.1) is 0 Å². The number of nitrogens with two attached hydrogens (primary N) is 5. The molecule has 0 saturated heterocycles. The molecule has 19 heteroatoms. The normalized spacial score (nSPS) is 11.1. The van der Waals surface area contributed by atoms with Crippen LogP contribution >= 0.6 is 23.4 Å². The topological polar surface area (TPSA) is 260 Å². The molecule has 0 spiro atoms. The third-order valence-corrected chi connectivity index (χ3v) is 9.53. The zero-order valence-corrected chi connectivity index (χ0v) is 34.3. The molecule has 0 aliphatic carbocycles. The Bertz CT molecular complexity index is 2170. The van der Waals surface area contributed by atoms with Crippen molar-refractivity contribution in [1.82, 2.24) is 20.3 Å². The van der Waals surface area contributed by atoms with Crippen molar-refractivity contribution in [2.24, 2.45) is 23.2 Å². The van der Waals surface area contributed by atoms with Gasteiger partial charge in [-0.05, 0) is 71.8 Å². The van der Waals surface area contributed by atoms with Crippen LogP contribution in [-0.2, 0) is 22.6 Å². The van der Waals surface area contributed by atoms with Gasteiger partial charge in [-0.2, -0.15) is 0 Å². The number of nitrogen functional groups attached to an aromatic ring is 1. The van der Waals surface area contributed by atoms with Crippen LogP contribution < -0.4 is 59.3 Å². The van der Waals surface area contributed by atoms with E-state index < -0.39 is 0 Å². The van der Waals surface area contributed by atoms with Gasteiger partial charge in [0.2, 0.25) is 6.41 Å². The molecule has 1 aromatic heterocycles. The van der Waals surface area contributed by atoms with Gasteiger partial charge in [0, 0.05) is 47.9 Å². The summed E-state index contributed by atoms with van der Waals surface area (Å²) >= 11 is 7.33. The average Bonchev–Trinajstić information content (AvgIpc) is 3.25. The van der Waals surface area contributed by atoms with Crippen LogP contribution in [-0.4, -0.2) is 72.5 Å². The van der Waals surface area contributed by atoms with Crippen LogP contribution in [0.1, 0.15) is 21.5 Å². The van der Waals surface area contributed by atoms with Crippen molar-refractivity contribution in [3.8, 4) is 17.2 Å². The summed E-state index contributed by atoms with van der Waals surface area (Å²) in [7, 11) is 0. The Balaban J connectivity index is 1.02. The maximum absolute atomic E-state index is 12.9. The first-order valence-electron chi connectivity index (χ1n) is 18.7. The Morgan fingerprint density at radius 1 is 0.883 bits per heavy atom. The molecule has 0 saturated carbocycles. The van der Waals surface area contributed by atoms with Gasteiger partial charge in [0.15, 0.2) is 22.5 Å². The maximum Gasteiger partial charge on any atom is 0.255 e. The monoisotopic (exact) mass is 856 g/mol. The van der Waals surface area contributed by atoms with E-state index in [1.165, 1.54) is 21.8 Å². The van der Waals surface area contributed by atoms with Crippen molar-refractivity contribution in [2.75, 3.05) is 66.6 Å².